The maximum absolute atomic E-state index is 11.6. The molecule has 0 bridgehead atoms. The smallest absolute Gasteiger partial charge is 0.251 e. The van der Waals surface area contributed by atoms with Crippen molar-refractivity contribution in [1.82, 2.24) is 21.5 Å². The highest BCUT2D eigenvalue weighted by atomic mass is 35.5. The largest absolute Gasteiger partial charge is 0.350 e. The number of carbonyl (C=O) groups excluding carboxylic acids is 1. The van der Waals surface area contributed by atoms with E-state index in [1.165, 1.54) is 0 Å². The molecule has 0 aliphatic rings. The van der Waals surface area contributed by atoms with Crippen molar-refractivity contribution in [3.05, 3.63) is 35.4 Å². The molecular weight excluding hydrogens is 288 g/mol. The Labute approximate surface area is 132 Å². The van der Waals surface area contributed by atoms with Gasteiger partial charge in [-0.2, -0.15) is 0 Å². The molecule has 1 rings (SSSR count). The molecule has 0 fully saturated rings. The van der Waals surface area contributed by atoms with Crippen LogP contribution in [0, 0.1) is 0 Å². The molecule has 0 heterocycles. The van der Waals surface area contributed by atoms with E-state index in [-0.39, 0.29) is 17.5 Å². The zero-order valence-corrected chi connectivity index (χ0v) is 14.2. The molecule has 1 amide bonds. The molecule has 21 heavy (non-hydrogen) atoms. The van der Waals surface area contributed by atoms with E-state index in [4.69, 9.17) is 11.6 Å². The summed E-state index contributed by atoms with van der Waals surface area (Å²) in [5.74, 6) is -0.0249. The number of amides is 1. The lowest BCUT2D eigenvalue weighted by molar-refractivity contribution is 0.0943. The number of hydrogen-bond acceptors (Lipinski definition) is 4. The minimum atomic E-state index is -0.0249. The van der Waals surface area contributed by atoms with E-state index in [2.05, 4.69) is 21.5 Å². The Hall–Kier alpha value is -1.14. The summed E-state index contributed by atoms with van der Waals surface area (Å²) in [6.07, 6.45) is 0. The number of alkyl halides is 1. The molecule has 0 aromatic heterocycles. The molecule has 1 aromatic carbocycles. The third-order valence-corrected chi connectivity index (χ3v) is 2.72. The van der Waals surface area contributed by atoms with Gasteiger partial charge in [0.2, 0.25) is 0 Å². The second-order valence-corrected chi connectivity index (χ2v) is 5.49. The van der Waals surface area contributed by atoms with Crippen molar-refractivity contribution >= 4 is 17.5 Å². The van der Waals surface area contributed by atoms with E-state index >= 15 is 0 Å². The first kappa shape index (κ1) is 19.9. The Kier molecular flexibility index (Phi) is 10.9. The summed E-state index contributed by atoms with van der Waals surface area (Å²) in [4.78, 5) is 11.6. The highest BCUT2D eigenvalue weighted by molar-refractivity contribution is 6.20. The van der Waals surface area contributed by atoms with Gasteiger partial charge in [-0.15, -0.1) is 11.6 Å². The molecule has 1 aromatic rings. The highest BCUT2D eigenvalue weighted by Crippen LogP contribution is 2.04. The Balaban J connectivity index is 0.000000690. The lowest BCUT2D eigenvalue weighted by Crippen LogP contribution is -2.30. The monoisotopic (exact) mass is 314 g/mol. The molecule has 0 saturated heterocycles. The summed E-state index contributed by atoms with van der Waals surface area (Å²) in [5, 5.41) is 5.65. The molecule has 6 heteroatoms. The Morgan fingerprint density at radius 1 is 1.14 bits per heavy atom. The molecule has 0 saturated carbocycles. The van der Waals surface area contributed by atoms with Gasteiger partial charge in [0, 0.05) is 18.2 Å². The molecule has 1 unspecified atom stereocenters. The van der Waals surface area contributed by atoms with Crippen LogP contribution in [0.25, 0.3) is 0 Å². The lowest BCUT2D eigenvalue weighted by atomic mass is 10.1. The van der Waals surface area contributed by atoms with Crippen molar-refractivity contribution in [2.45, 2.75) is 38.9 Å². The van der Waals surface area contributed by atoms with Crippen LogP contribution in [0.4, 0.5) is 0 Å². The van der Waals surface area contributed by atoms with Gasteiger partial charge in [0.15, 0.2) is 0 Å². The number of carbonyl (C=O) groups is 1. The summed E-state index contributed by atoms with van der Waals surface area (Å²) in [7, 11) is 3.64. The second kappa shape index (κ2) is 11.5. The predicted molar refractivity (Wildman–Crippen MR) is 89.3 cm³/mol. The maximum Gasteiger partial charge on any atom is 0.251 e. The van der Waals surface area contributed by atoms with Gasteiger partial charge in [-0.25, -0.2) is 0 Å². The molecule has 5 nitrogen and oxygen atoms in total. The predicted octanol–water partition coefficient (Wildman–Crippen LogP) is 1.84. The first-order valence-electron chi connectivity index (χ1n) is 7.01. The van der Waals surface area contributed by atoms with Gasteiger partial charge in [0.1, 0.15) is 0 Å². The van der Waals surface area contributed by atoms with Gasteiger partial charge in [-0.05, 0) is 52.6 Å². The van der Waals surface area contributed by atoms with Crippen LogP contribution >= 0.6 is 11.6 Å². The Morgan fingerprint density at radius 3 is 2.05 bits per heavy atom. The average molecular weight is 315 g/mol. The topological polar surface area (TPSA) is 65.2 Å². The number of halogens is 1. The van der Waals surface area contributed by atoms with Gasteiger partial charge >= 0.3 is 0 Å². The fraction of sp³-hybridized carbons (Fsp3) is 0.533. The van der Waals surface area contributed by atoms with Gasteiger partial charge in [0.05, 0.1) is 5.50 Å². The summed E-state index contributed by atoms with van der Waals surface area (Å²) < 4.78 is 0. The van der Waals surface area contributed by atoms with Crippen LogP contribution in [-0.4, -0.2) is 31.5 Å². The standard InChI is InChI=1S/C12H19N3O.C3H8ClN/c1-9(2)15-12(16)11-6-4-10(5-7-11)8-14-13-3;1-3(4)5-2/h4-7,9,13-14H,8H2,1-3H3,(H,15,16);3,5H,1-2H3. The number of benzene rings is 1. The van der Waals surface area contributed by atoms with Crippen LogP contribution in [0.15, 0.2) is 24.3 Å². The summed E-state index contributed by atoms with van der Waals surface area (Å²) in [5.41, 5.74) is 7.78. The molecule has 0 aliphatic heterocycles. The molecule has 0 radical (unpaired) electrons. The second-order valence-electron chi connectivity index (χ2n) is 4.83. The molecule has 0 spiro atoms. The fourth-order valence-corrected chi connectivity index (χ4v) is 1.31. The van der Waals surface area contributed by atoms with E-state index in [0.717, 1.165) is 12.1 Å². The van der Waals surface area contributed by atoms with Crippen molar-refractivity contribution < 1.29 is 4.79 Å². The Morgan fingerprint density at radius 2 is 1.67 bits per heavy atom. The van der Waals surface area contributed by atoms with E-state index in [1.807, 2.05) is 59.1 Å². The van der Waals surface area contributed by atoms with Crippen molar-refractivity contribution in [3.8, 4) is 0 Å². The van der Waals surface area contributed by atoms with E-state index in [1.54, 1.807) is 0 Å². The first-order chi connectivity index (χ1) is 9.90. The average Bonchev–Trinajstić information content (AvgIpc) is 2.45. The third-order valence-electron chi connectivity index (χ3n) is 2.50. The minimum absolute atomic E-state index is 0.0249. The van der Waals surface area contributed by atoms with Crippen molar-refractivity contribution in [1.29, 1.82) is 0 Å². The van der Waals surface area contributed by atoms with E-state index < -0.39 is 0 Å². The summed E-state index contributed by atoms with van der Waals surface area (Å²) in [6, 6.07) is 7.73. The van der Waals surface area contributed by atoms with Crippen molar-refractivity contribution in [3.63, 3.8) is 0 Å². The van der Waals surface area contributed by atoms with Gasteiger partial charge < -0.3 is 10.6 Å². The number of hydrogen-bond donors (Lipinski definition) is 4. The third kappa shape index (κ3) is 10.3. The van der Waals surface area contributed by atoms with Crippen molar-refractivity contribution in [2.75, 3.05) is 14.1 Å². The zero-order valence-electron chi connectivity index (χ0n) is 13.5. The quantitative estimate of drug-likeness (QED) is 0.367. The molecule has 0 aliphatic carbocycles. The molecular formula is C15H27ClN4O. The van der Waals surface area contributed by atoms with Crippen LogP contribution in [0.3, 0.4) is 0 Å². The van der Waals surface area contributed by atoms with Crippen LogP contribution in [0.5, 0.6) is 0 Å². The maximum atomic E-state index is 11.6. The Bertz CT molecular complexity index is 393. The summed E-state index contributed by atoms with van der Waals surface area (Å²) >= 11 is 5.35. The van der Waals surface area contributed by atoms with Crippen molar-refractivity contribution in [2.24, 2.45) is 0 Å². The minimum Gasteiger partial charge on any atom is -0.350 e. The van der Waals surface area contributed by atoms with Crippen LogP contribution in [0.2, 0.25) is 0 Å². The zero-order chi connectivity index (χ0) is 16.3. The lowest BCUT2D eigenvalue weighted by Gasteiger charge is -2.09. The number of rotatable bonds is 6. The molecule has 4 N–H and O–H groups in total. The summed E-state index contributed by atoms with van der Waals surface area (Å²) in [6.45, 7) is 6.51. The van der Waals surface area contributed by atoms with Gasteiger partial charge in [0.25, 0.3) is 5.91 Å². The van der Waals surface area contributed by atoms with E-state index in [9.17, 15) is 4.79 Å². The highest BCUT2D eigenvalue weighted by Gasteiger charge is 2.05. The molecule has 120 valence electrons. The SMILES string of the molecule is CNC(C)Cl.CNNCc1ccc(C(=O)NC(C)C)cc1. The van der Waals surface area contributed by atoms with Gasteiger partial charge in [-0.3, -0.25) is 15.6 Å². The van der Waals surface area contributed by atoms with Crippen LogP contribution < -0.4 is 21.5 Å². The molecule has 1 atom stereocenters. The number of hydrazine groups is 1. The van der Waals surface area contributed by atoms with E-state index in [0.29, 0.717) is 5.56 Å². The van der Waals surface area contributed by atoms with Crippen LogP contribution in [0.1, 0.15) is 36.7 Å². The fourth-order valence-electron chi connectivity index (χ4n) is 1.31. The van der Waals surface area contributed by atoms with Gasteiger partial charge in [-0.1, -0.05) is 12.1 Å². The first-order valence-corrected chi connectivity index (χ1v) is 7.45. The number of nitrogens with one attached hydrogen (secondary N) is 4. The normalized spacial score (nSPS) is 11.6. The van der Waals surface area contributed by atoms with Crippen LogP contribution in [-0.2, 0) is 6.54 Å².